The van der Waals surface area contributed by atoms with Gasteiger partial charge in [-0.1, -0.05) is 91.3 Å². The molecule has 0 aliphatic heterocycles. The fourth-order valence-corrected chi connectivity index (χ4v) is 3.14. The number of nitrogens with one attached hydrogen (secondary N) is 1. The maximum atomic E-state index is 12.7. The van der Waals surface area contributed by atoms with Crippen molar-refractivity contribution < 1.29 is 4.79 Å². The van der Waals surface area contributed by atoms with E-state index in [2.05, 4.69) is 61.6 Å². The van der Waals surface area contributed by atoms with Crippen LogP contribution in [0.1, 0.15) is 40.8 Å². The monoisotopic (exact) mass is 343 g/mol. The van der Waals surface area contributed by atoms with Gasteiger partial charge >= 0.3 is 0 Å². The zero-order valence-electron chi connectivity index (χ0n) is 15.4. The van der Waals surface area contributed by atoms with Gasteiger partial charge in [0.15, 0.2) is 0 Å². The minimum atomic E-state index is -0.140. The Hall–Kier alpha value is -2.87. The summed E-state index contributed by atoms with van der Waals surface area (Å²) in [5, 5.41) is 3.21. The molecule has 2 heteroatoms. The molecule has 0 radical (unpaired) electrons. The number of hydrogen-bond donors (Lipinski definition) is 1. The Kier molecular flexibility index (Phi) is 5.85. The van der Waals surface area contributed by atoms with Crippen molar-refractivity contribution >= 4 is 5.91 Å². The minimum Gasteiger partial charge on any atom is -0.345 e. The van der Waals surface area contributed by atoms with E-state index in [4.69, 9.17) is 0 Å². The molecular formula is C24H25NO. The van der Waals surface area contributed by atoms with Gasteiger partial charge in [0.25, 0.3) is 0 Å². The molecule has 1 amide bonds. The van der Waals surface area contributed by atoms with Crippen LogP contribution < -0.4 is 5.32 Å². The summed E-state index contributed by atoms with van der Waals surface area (Å²) in [4.78, 5) is 12.7. The standard InChI is InChI=1S/C24H25NO/c1-3-19-12-14-20(15-13-19)17-23(26)25-24(21-9-5-4-6-10-21)22-11-7-8-18(2)16-22/h4-16,24H,3,17H2,1-2H3,(H,25,26)/t24-/m1/s1. The normalized spacial score (nSPS) is 11.8. The Morgan fingerprint density at radius 2 is 1.50 bits per heavy atom. The fraction of sp³-hybridized carbons (Fsp3) is 0.208. The average Bonchev–Trinajstić information content (AvgIpc) is 2.67. The second-order valence-corrected chi connectivity index (χ2v) is 6.67. The Morgan fingerprint density at radius 1 is 0.846 bits per heavy atom. The number of aryl methyl sites for hydroxylation is 2. The summed E-state index contributed by atoms with van der Waals surface area (Å²) >= 11 is 0. The highest BCUT2D eigenvalue weighted by Crippen LogP contribution is 2.23. The molecule has 0 saturated heterocycles. The highest BCUT2D eigenvalue weighted by Gasteiger charge is 2.17. The summed E-state index contributed by atoms with van der Waals surface area (Å²) in [5.41, 5.74) is 5.71. The van der Waals surface area contributed by atoms with Crippen LogP contribution in [0, 0.1) is 6.92 Å². The van der Waals surface area contributed by atoms with Gasteiger partial charge < -0.3 is 5.32 Å². The number of carbonyl (C=O) groups excluding carboxylic acids is 1. The van der Waals surface area contributed by atoms with Crippen molar-refractivity contribution in [1.29, 1.82) is 0 Å². The topological polar surface area (TPSA) is 29.1 Å². The first kappa shape index (κ1) is 17.9. The van der Waals surface area contributed by atoms with Crippen LogP contribution in [0.3, 0.4) is 0 Å². The van der Waals surface area contributed by atoms with Crippen molar-refractivity contribution in [3.63, 3.8) is 0 Å². The van der Waals surface area contributed by atoms with Crippen LogP contribution in [-0.4, -0.2) is 5.91 Å². The number of carbonyl (C=O) groups is 1. The van der Waals surface area contributed by atoms with Crippen molar-refractivity contribution in [3.8, 4) is 0 Å². The third kappa shape index (κ3) is 4.60. The molecule has 0 spiro atoms. The number of amides is 1. The summed E-state index contributed by atoms with van der Waals surface area (Å²) in [5.74, 6) is 0.0320. The lowest BCUT2D eigenvalue weighted by atomic mass is 9.97. The molecule has 0 saturated carbocycles. The summed E-state index contributed by atoms with van der Waals surface area (Å²) < 4.78 is 0. The van der Waals surface area contributed by atoms with Crippen LogP contribution in [0.2, 0.25) is 0 Å². The molecule has 0 heterocycles. The molecule has 2 nitrogen and oxygen atoms in total. The quantitative estimate of drug-likeness (QED) is 0.670. The van der Waals surface area contributed by atoms with Crippen molar-refractivity contribution in [1.82, 2.24) is 5.32 Å². The van der Waals surface area contributed by atoms with E-state index in [1.165, 1.54) is 11.1 Å². The molecule has 0 unspecified atom stereocenters. The summed E-state index contributed by atoms with van der Waals surface area (Å²) in [6, 6.07) is 26.6. The predicted octanol–water partition coefficient (Wildman–Crippen LogP) is 5.01. The molecule has 26 heavy (non-hydrogen) atoms. The van der Waals surface area contributed by atoms with E-state index < -0.39 is 0 Å². The average molecular weight is 343 g/mol. The molecule has 0 aliphatic carbocycles. The maximum Gasteiger partial charge on any atom is 0.225 e. The molecule has 0 fully saturated rings. The van der Waals surface area contributed by atoms with Crippen LogP contribution in [0.25, 0.3) is 0 Å². The van der Waals surface area contributed by atoms with Gasteiger partial charge in [-0.25, -0.2) is 0 Å². The summed E-state index contributed by atoms with van der Waals surface area (Å²) in [7, 11) is 0. The van der Waals surface area contributed by atoms with Gasteiger partial charge in [-0.05, 0) is 35.6 Å². The lowest BCUT2D eigenvalue weighted by Crippen LogP contribution is -2.30. The lowest BCUT2D eigenvalue weighted by Gasteiger charge is -2.20. The molecule has 3 rings (SSSR count). The zero-order valence-corrected chi connectivity index (χ0v) is 15.4. The van der Waals surface area contributed by atoms with Crippen molar-refractivity contribution in [2.24, 2.45) is 0 Å². The molecular weight excluding hydrogens is 318 g/mol. The fourth-order valence-electron chi connectivity index (χ4n) is 3.14. The SMILES string of the molecule is CCc1ccc(CC(=O)N[C@H](c2ccccc2)c2cccc(C)c2)cc1. The zero-order chi connectivity index (χ0) is 18.4. The first-order valence-electron chi connectivity index (χ1n) is 9.14. The van der Waals surface area contributed by atoms with Gasteiger partial charge in [-0.2, -0.15) is 0 Å². The molecule has 132 valence electrons. The van der Waals surface area contributed by atoms with Crippen LogP contribution in [-0.2, 0) is 17.6 Å². The summed E-state index contributed by atoms with van der Waals surface area (Å²) in [6.07, 6.45) is 1.40. The second kappa shape index (κ2) is 8.48. The first-order valence-corrected chi connectivity index (χ1v) is 9.14. The van der Waals surface area contributed by atoms with Crippen molar-refractivity contribution in [3.05, 3.63) is 107 Å². The first-order chi connectivity index (χ1) is 12.7. The van der Waals surface area contributed by atoms with Crippen LogP contribution in [0.15, 0.2) is 78.9 Å². The molecule has 1 atom stereocenters. The van der Waals surface area contributed by atoms with E-state index in [-0.39, 0.29) is 11.9 Å². The van der Waals surface area contributed by atoms with Crippen LogP contribution >= 0.6 is 0 Å². The maximum absolute atomic E-state index is 12.7. The van der Waals surface area contributed by atoms with Crippen LogP contribution in [0.5, 0.6) is 0 Å². The number of rotatable bonds is 6. The van der Waals surface area contributed by atoms with Gasteiger partial charge in [-0.3, -0.25) is 4.79 Å². The Labute approximate surface area is 155 Å². The number of benzene rings is 3. The molecule has 0 aromatic heterocycles. The van der Waals surface area contributed by atoms with Gasteiger partial charge in [-0.15, -0.1) is 0 Å². The van der Waals surface area contributed by atoms with Gasteiger partial charge in [0.2, 0.25) is 5.91 Å². The largest absolute Gasteiger partial charge is 0.345 e. The second-order valence-electron chi connectivity index (χ2n) is 6.67. The smallest absolute Gasteiger partial charge is 0.225 e. The highest BCUT2D eigenvalue weighted by atomic mass is 16.1. The Balaban J connectivity index is 1.79. The Morgan fingerprint density at radius 3 is 2.15 bits per heavy atom. The van der Waals surface area contributed by atoms with Crippen LogP contribution in [0.4, 0.5) is 0 Å². The molecule has 0 aliphatic rings. The van der Waals surface area contributed by atoms with Crippen molar-refractivity contribution in [2.45, 2.75) is 32.7 Å². The minimum absolute atomic E-state index is 0.0320. The van der Waals surface area contributed by atoms with Gasteiger partial charge in [0.05, 0.1) is 12.5 Å². The predicted molar refractivity (Wildman–Crippen MR) is 107 cm³/mol. The Bertz CT molecular complexity index is 853. The van der Waals surface area contributed by atoms with E-state index in [1.54, 1.807) is 0 Å². The van der Waals surface area contributed by atoms with Gasteiger partial charge in [0.1, 0.15) is 0 Å². The van der Waals surface area contributed by atoms with E-state index in [0.29, 0.717) is 6.42 Å². The van der Waals surface area contributed by atoms with E-state index in [9.17, 15) is 4.79 Å². The summed E-state index contributed by atoms with van der Waals surface area (Å²) in [6.45, 7) is 4.21. The van der Waals surface area contributed by atoms with E-state index in [0.717, 1.165) is 23.1 Å². The molecule has 1 N–H and O–H groups in total. The van der Waals surface area contributed by atoms with E-state index in [1.807, 2.05) is 36.4 Å². The van der Waals surface area contributed by atoms with Crippen molar-refractivity contribution in [2.75, 3.05) is 0 Å². The molecule has 0 bridgehead atoms. The number of hydrogen-bond acceptors (Lipinski definition) is 1. The third-order valence-electron chi connectivity index (χ3n) is 4.61. The van der Waals surface area contributed by atoms with Gasteiger partial charge in [0, 0.05) is 0 Å². The lowest BCUT2D eigenvalue weighted by molar-refractivity contribution is -0.120. The third-order valence-corrected chi connectivity index (χ3v) is 4.61. The van der Waals surface area contributed by atoms with E-state index >= 15 is 0 Å². The molecule has 3 aromatic rings. The molecule has 3 aromatic carbocycles. The highest BCUT2D eigenvalue weighted by molar-refractivity contribution is 5.79.